The third-order valence-electron chi connectivity index (χ3n) is 3.10. The molecule has 0 atom stereocenters. The molecule has 116 valence electrons. The minimum absolute atomic E-state index is 0.530. The molecule has 0 aliphatic heterocycles. The standard InChI is InChI=1S/C14H11N5O2S2/c1-19-12(9-4-2-6-20-9)16-18-14(19)23-8-11-15-17-13(21-11)10-5-3-7-22-10/h2-7H,8H2,1H3. The number of aromatic nitrogens is 5. The van der Waals surface area contributed by atoms with Crippen LogP contribution in [-0.2, 0) is 12.8 Å². The van der Waals surface area contributed by atoms with Crippen LogP contribution in [-0.4, -0.2) is 25.0 Å². The van der Waals surface area contributed by atoms with Crippen LogP contribution in [0, 0.1) is 0 Å². The molecular formula is C14H11N5O2S2. The van der Waals surface area contributed by atoms with E-state index in [4.69, 9.17) is 8.83 Å². The van der Waals surface area contributed by atoms with Crippen molar-refractivity contribution in [3.8, 4) is 22.4 Å². The van der Waals surface area contributed by atoms with Gasteiger partial charge in [-0.15, -0.1) is 31.7 Å². The Labute approximate surface area is 139 Å². The molecule has 9 heteroatoms. The number of thioether (sulfide) groups is 1. The van der Waals surface area contributed by atoms with Crippen LogP contribution in [0.25, 0.3) is 22.4 Å². The Kier molecular flexibility index (Phi) is 3.72. The highest BCUT2D eigenvalue weighted by molar-refractivity contribution is 7.98. The van der Waals surface area contributed by atoms with E-state index in [1.165, 1.54) is 11.8 Å². The molecule has 0 aliphatic rings. The number of nitrogens with zero attached hydrogens (tertiary/aromatic N) is 5. The predicted molar refractivity (Wildman–Crippen MR) is 85.9 cm³/mol. The van der Waals surface area contributed by atoms with E-state index in [2.05, 4.69) is 20.4 Å². The van der Waals surface area contributed by atoms with Crippen LogP contribution in [0.1, 0.15) is 5.89 Å². The van der Waals surface area contributed by atoms with E-state index in [0.717, 1.165) is 10.0 Å². The van der Waals surface area contributed by atoms with E-state index >= 15 is 0 Å². The van der Waals surface area contributed by atoms with E-state index in [9.17, 15) is 0 Å². The van der Waals surface area contributed by atoms with Gasteiger partial charge in [-0.25, -0.2) is 0 Å². The minimum atomic E-state index is 0.530. The monoisotopic (exact) mass is 345 g/mol. The van der Waals surface area contributed by atoms with Gasteiger partial charge >= 0.3 is 0 Å². The first-order valence-electron chi connectivity index (χ1n) is 6.73. The molecular weight excluding hydrogens is 334 g/mol. The van der Waals surface area contributed by atoms with E-state index in [0.29, 0.717) is 29.1 Å². The smallest absolute Gasteiger partial charge is 0.257 e. The first kappa shape index (κ1) is 14.2. The second kappa shape index (κ2) is 6.01. The summed E-state index contributed by atoms with van der Waals surface area (Å²) in [6, 6.07) is 7.58. The lowest BCUT2D eigenvalue weighted by Gasteiger charge is -2.00. The van der Waals surface area contributed by atoms with Crippen molar-refractivity contribution in [1.82, 2.24) is 25.0 Å². The fourth-order valence-electron chi connectivity index (χ4n) is 2.00. The summed E-state index contributed by atoms with van der Waals surface area (Å²) >= 11 is 3.05. The van der Waals surface area contributed by atoms with Gasteiger partial charge in [0.15, 0.2) is 16.7 Å². The van der Waals surface area contributed by atoms with Crippen molar-refractivity contribution in [2.45, 2.75) is 10.9 Å². The van der Waals surface area contributed by atoms with Crippen LogP contribution in [0.15, 0.2) is 49.9 Å². The van der Waals surface area contributed by atoms with Crippen LogP contribution in [0.2, 0.25) is 0 Å². The van der Waals surface area contributed by atoms with Gasteiger partial charge in [-0.3, -0.25) is 0 Å². The SMILES string of the molecule is Cn1c(SCc2nnc(-c3cccs3)o2)nnc1-c1ccco1. The van der Waals surface area contributed by atoms with Crippen molar-refractivity contribution in [2.75, 3.05) is 0 Å². The van der Waals surface area contributed by atoms with Crippen molar-refractivity contribution in [1.29, 1.82) is 0 Å². The molecule has 7 nitrogen and oxygen atoms in total. The molecule has 0 bridgehead atoms. The number of hydrogen-bond donors (Lipinski definition) is 0. The molecule has 0 spiro atoms. The third-order valence-corrected chi connectivity index (χ3v) is 4.96. The van der Waals surface area contributed by atoms with Crippen molar-refractivity contribution >= 4 is 23.1 Å². The second-order valence-corrected chi connectivity index (χ2v) is 6.50. The Morgan fingerprint density at radius 2 is 2.13 bits per heavy atom. The first-order valence-corrected chi connectivity index (χ1v) is 8.60. The lowest BCUT2D eigenvalue weighted by Crippen LogP contribution is -1.94. The lowest BCUT2D eigenvalue weighted by atomic mass is 10.4. The van der Waals surface area contributed by atoms with Crippen LogP contribution >= 0.6 is 23.1 Å². The van der Waals surface area contributed by atoms with Gasteiger partial charge in [-0.1, -0.05) is 17.8 Å². The lowest BCUT2D eigenvalue weighted by molar-refractivity contribution is 0.529. The van der Waals surface area contributed by atoms with Gasteiger partial charge < -0.3 is 13.4 Å². The van der Waals surface area contributed by atoms with Gasteiger partial charge in [0, 0.05) is 7.05 Å². The van der Waals surface area contributed by atoms with E-state index in [1.807, 2.05) is 41.3 Å². The Bertz CT molecular complexity index is 896. The van der Waals surface area contributed by atoms with Crippen LogP contribution in [0.4, 0.5) is 0 Å². The summed E-state index contributed by atoms with van der Waals surface area (Å²) in [5.41, 5.74) is 0. The van der Waals surface area contributed by atoms with Crippen LogP contribution in [0.5, 0.6) is 0 Å². The molecule has 0 radical (unpaired) electrons. The zero-order valence-electron chi connectivity index (χ0n) is 12.0. The molecule has 4 rings (SSSR count). The first-order chi connectivity index (χ1) is 11.3. The molecule has 0 saturated carbocycles. The maximum Gasteiger partial charge on any atom is 0.257 e. The average molecular weight is 345 g/mol. The minimum Gasteiger partial charge on any atom is -0.461 e. The Morgan fingerprint density at radius 1 is 1.17 bits per heavy atom. The zero-order valence-corrected chi connectivity index (χ0v) is 13.7. The molecule has 0 unspecified atom stereocenters. The number of thiophene rings is 1. The van der Waals surface area contributed by atoms with Crippen molar-refractivity contribution < 1.29 is 8.83 Å². The van der Waals surface area contributed by atoms with Crippen molar-refractivity contribution in [3.63, 3.8) is 0 Å². The third kappa shape index (κ3) is 2.80. The average Bonchev–Trinajstić information content (AvgIpc) is 3.33. The van der Waals surface area contributed by atoms with Gasteiger partial charge in [-0.2, -0.15) is 0 Å². The molecule has 0 saturated heterocycles. The summed E-state index contributed by atoms with van der Waals surface area (Å²) in [4.78, 5) is 0.965. The van der Waals surface area contributed by atoms with Crippen LogP contribution < -0.4 is 0 Å². The Morgan fingerprint density at radius 3 is 2.91 bits per heavy atom. The second-order valence-electron chi connectivity index (χ2n) is 4.61. The summed E-state index contributed by atoms with van der Waals surface area (Å²) in [6.07, 6.45) is 1.61. The summed E-state index contributed by atoms with van der Waals surface area (Å²) in [7, 11) is 1.89. The summed E-state index contributed by atoms with van der Waals surface area (Å²) in [5, 5.41) is 19.2. The summed E-state index contributed by atoms with van der Waals surface area (Å²) < 4.78 is 12.9. The van der Waals surface area contributed by atoms with Gasteiger partial charge in [0.05, 0.1) is 16.9 Å². The maximum absolute atomic E-state index is 5.66. The molecule has 23 heavy (non-hydrogen) atoms. The fourth-order valence-corrected chi connectivity index (χ4v) is 3.39. The number of hydrogen-bond acceptors (Lipinski definition) is 8. The Hall–Kier alpha value is -2.39. The number of rotatable bonds is 5. The largest absolute Gasteiger partial charge is 0.461 e. The van der Waals surface area contributed by atoms with E-state index in [1.54, 1.807) is 17.6 Å². The molecule has 0 aliphatic carbocycles. The molecule has 0 fully saturated rings. The van der Waals surface area contributed by atoms with E-state index < -0.39 is 0 Å². The number of furan rings is 1. The van der Waals surface area contributed by atoms with Gasteiger partial charge in [0.1, 0.15) is 0 Å². The zero-order chi connectivity index (χ0) is 15.6. The molecule has 0 amide bonds. The van der Waals surface area contributed by atoms with Crippen molar-refractivity contribution in [3.05, 3.63) is 41.8 Å². The highest BCUT2D eigenvalue weighted by atomic mass is 32.2. The Balaban J connectivity index is 1.48. The normalized spacial score (nSPS) is 11.2. The molecule has 4 heterocycles. The van der Waals surface area contributed by atoms with Gasteiger partial charge in [-0.05, 0) is 23.6 Å². The summed E-state index contributed by atoms with van der Waals surface area (Å²) in [6.45, 7) is 0. The topological polar surface area (TPSA) is 82.8 Å². The van der Waals surface area contributed by atoms with Crippen LogP contribution in [0.3, 0.4) is 0 Å². The molecule has 0 N–H and O–H groups in total. The van der Waals surface area contributed by atoms with E-state index in [-0.39, 0.29) is 0 Å². The molecule has 4 aromatic rings. The van der Waals surface area contributed by atoms with Gasteiger partial charge in [0.25, 0.3) is 5.89 Å². The predicted octanol–water partition coefficient (Wildman–Crippen LogP) is 3.48. The summed E-state index contributed by atoms with van der Waals surface area (Å²) in [5.74, 6) is 3.00. The molecule has 4 aromatic heterocycles. The quantitative estimate of drug-likeness (QED) is 0.512. The highest BCUT2D eigenvalue weighted by Gasteiger charge is 2.15. The van der Waals surface area contributed by atoms with Gasteiger partial charge in [0.2, 0.25) is 5.89 Å². The fraction of sp³-hybridized carbons (Fsp3) is 0.143. The maximum atomic E-state index is 5.66. The highest BCUT2D eigenvalue weighted by Crippen LogP contribution is 2.27. The van der Waals surface area contributed by atoms with Crippen molar-refractivity contribution in [2.24, 2.45) is 7.05 Å². The molecule has 0 aromatic carbocycles.